The SMILES string of the molecule is CCCCCCCCC(CCCCCC)COC(=O)CCCCCNC(=O)CCN(CCC=O)CCN1CCOCC1. The van der Waals surface area contributed by atoms with Crippen molar-refractivity contribution in [2.45, 2.75) is 129 Å². The van der Waals surface area contributed by atoms with E-state index in [-0.39, 0.29) is 11.9 Å². The molecule has 0 bridgehead atoms. The van der Waals surface area contributed by atoms with Crippen LogP contribution in [0.1, 0.15) is 129 Å². The van der Waals surface area contributed by atoms with E-state index in [0.717, 1.165) is 64.9 Å². The van der Waals surface area contributed by atoms with Crippen molar-refractivity contribution < 1.29 is 23.9 Å². The third-order valence-corrected chi connectivity index (χ3v) is 8.35. The number of hydrogen-bond donors (Lipinski definition) is 1. The number of aldehydes is 1. The Balaban J connectivity index is 2.15. The molecule has 1 aliphatic rings. The van der Waals surface area contributed by atoms with Gasteiger partial charge in [-0.2, -0.15) is 0 Å². The molecule has 1 unspecified atom stereocenters. The smallest absolute Gasteiger partial charge is 0.305 e. The molecule has 0 aromatic rings. The molecular formula is C34H65N3O5. The monoisotopic (exact) mass is 595 g/mol. The number of ether oxygens (including phenoxy) is 2. The minimum atomic E-state index is -0.0759. The Hall–Kier alpha value is -1.51. The van der Waals surface area contributed by atoms with Gasteiger partial charge in [0.1, 0.15) is 6.29 Å². The van der Waals surface area contributed by atoms with Gasteiger partial charge in [-0.15, -0.1) is 0 Å². The number of nitrogens with zero attached hydrogens (tertiary/aromatic N) is 2. The molecule has 1 rings (SSSR count). The molecule has 1 saturated heterocycles. The van der Waals surface area contributed by atoms with E-state index in [4.69, 9.17) is 9.47 Å². The Morgan fingerprint density at radius 2 is 1.48 bits per heavy atom. The molecule has 0 aliphatic carbocycles. The average molecular weight is 596 g/mol. The van der Waals surface area contributed by atoms with Crippen LogP contribution >= 0.6 is 0 Å². The van der Waals surface area contributed by atoms with Crippen LogP contribution < -0.4 is 5.32 Å². The summed E-state index contributed by atoms with van der Waals surface area (Å²) in [5.74, 6) is 0.473. The minimum absolute atomic E-state index is 0.0484. The fourth-order valence-electron chi connectivity index (χ4n) is 5.49. The fraction of sp³-hybridized carbons (Fsp3) is 0.912. The Kier molecular flexibility index (Phi) is 25.9. The third kappa shape index (κ3) is 23.0. The predicted octanol–water partition coefficient (Wildman–Crippen LogP) is 6.16. The highest BCUT2D eigenvalue weighted by molar-refractivity contribution is 5.76. The number of amides is 1. The van der Waals surface area contributed by atoms with E-state index >= 15 is 0 Å². The number of unbranched alkanes of at least 4 members (excludes halogenated alkanes) is 10. The first-order chi connectivity index (χ1) is 20.6. The van der Waals surface area contributed by atoms with Crippen LogP contribution in [-0.4, -0.2) is 93.6 Å². The number of carbonyl (C=O) groups is 3. The van der Waals surface area contributed by atoms with Crippen LogP contribution in [-0.2, 0) is 23.9 Å². The first-order valence-corrected chi connectivity index (χ1v) is 17.5. The quantitative estimate of drug-likeness (QED) is 0.0630. The highest BCUT2D eigenvalue weighted by atomic mass is 16.5. The van der Waals surface area contributed by atoms with Crippen molar-refractivity contribution in [3.8, 4) is 0 Å². The van der Waals surface area contributed by atoms with Crippen molar-refractivity contribution in [1.82, 2.24) is 15.1 Å². The van der Waals surface area contributed by atoms with Gasteiger partial charge >= 0.3 is 5.97 Å². The number of hydrogen-bond acceptors (Lipinski definition) is 7. The van der Waals surface area contributed by atoms with E-state index in [1.165, 1.54) is 77.0 Å². The molecule has 1 aliphatic heterocycles. The van der Waals surface area contributed by atoms with Crippen LogP contribution in [0.3, 0.4) is 0 Å². The molecule has 1 fully saturated rings. The Morgan fingerprint density at radius 1 is 0.833 bits per heavy atom. The molecule has 1 amide bonds. The van der Waals surface area contributed by atoms with Crippen molar-refractivity contribution in [2.24, 2.45) is 5.92 Å². The molecule has 8 nitrogen and oxygen atoms in total. The van der Waals surface area contributed by atoms with Gasteiger partial charge in [0.25, 0.3) is 0 Å². The summed E-state index contributed by atoms with van der Waals surface area (Å²) in [5, 5.41) is 3.01. The molecule has 0 aromatic heterocycles. The van der Waals surface area contributed by atoms with Gasteiger partial charge in [-0.1, -0.05) is 84.5 Å². The predicted molar refractivity (Wildman–Crippen MR) is 172 cm³/mol. The van der Waals surface area contributed by atoms with E-state index in [1.807, 2.05) is 0 Å². The third-order valence-electron chi connectivity index (χ3n) is 8.35. The second-order valence-corrected chi connectivity index (χ2v) is 12.1. The average Bonchev–Trinajstić information content (AvgIpc) is 3.01. The lowest BCUT2D eigenvalue weighted by Crippen LogP contribution is -2.42. The summed E-state index contributed by atoms with van der Waals surface area (Å²) >= 11 is 0. The summed E-state index contributed by atoms with van der Waals surface area (Å²) in [7, 11) is 0. The van der Waals surface area contributed by atoms with Crippen molar-refractivity contribution in [3.05, 3.63) is 0 Å². The van der Waals surface area contributed by atoms with Gasteiger partial charge in [0.2, 0.25) is 5.91 Å². The van der Waals surface area contributed by atoms with E-state index < -0.39 is 0 Å². The van der Waals surface area contributed by atoms with E-state index in [9.17, 15) is 14.4 Å². The van der Waals surface area contributed by atoms with E-state index in [0.29, 0.717) is 51.4 Å². The summed E-state index contributed by atoms with van der Waals surface area (Å²) in [4.78, 5) is 40.2. The Bertz CT molecular complexity index is 657. The number of carbonyl (C=O) groups excluding carboxylic acids is 3. The molecule has 1 N–H and O–H groups in total. The highest BCUT2D eigenvalue weighted by Gasteiger charge is 2.14. The molecule has 0 saturated carbocycles. The maximum atomic E-state index is 12.4. The van der Waals surface area contributed by atoms with Gasteiger partial charge in [-0.3, -0.25) is 14.5 Å². The van der Waals surface area contributed by atoms with Crippen molar-refractivity contribution in [2.75, 3.05) is 65.6 Å². The zero-order valence-electron chi connectivity index (χ0n) is 27.4. The maximum Gasteiger partial charge on any atom is 0.305 e. The lowest BCUT2D eigenvalue weighted by Gasteiger charge is -2.29. The molecule has 246 valence electrons. The molecule has 0 spiro atoms. The topological polar surface area (TPSA) is 88.2 Å². The van der Waals surface area contributed by atoms with Crippen LogP contribution in [0.2, 0.25) is 0 Å². The van der Waals surface area contributed by atoms with Gasteiger partial charge in [0.05, 0.1) is 19.8 Å². The molecule has 8 heteroatoms. The van der Waals surface area contributed by atoms with Crippen LogP contribution in [0.25, 0.3) is 0 Å². The Labute approximate surface area is 258 Å². The first kappa shape index (κ1) is 38.5. The standard InChI is InChI=1S/C34H65N3O5/c1-3-5-7-9-10-13-18-32(17-12-8-6-4-2)31-42-34(40)19-14-11-15-21-35-33(39)20-23-36(22-16-28-38)24-25-37-26-29-41-30-27-37/h28,32H,3-27,29-31H2,1-2H3,(H,35,39). The molecule has 0 aromatic carbocycles. The maximum absolute atomic E-state index is 12.4. The molecule has 0 radical (unpaired) electrons. The number of rotatable bonds is 29. The molecule has 1 heterocycles. The number of nitrogens with one attached hydrogen (secondary N) is 1. The zero-order valence-corrected chi connectivity index (χ0v) is 27.4. The van der Waals surface area contributed by atoms with Crippen LogP contribution in [0.5, 0.6) is 0 Å². The molecular weight excluding hydrogens is 530 g/mol. The number of morpholine rings is 1. The van der Waals surface area contributed by atoms with Crippen molar-refractivity contribution in [1.29, 1.82) is 0 Å². The number of esters is 1. The van der Waals surface area contributed by atoms with Crippen molar-refractivity contribution in [3.63, 3.8) is 0 Å². The second kappa shape index (κ2) is 28.3. The Morgan fingerprint density at radius 3 is 2.17 bits per heavy atom. The lowest BCUT2D eigenvalue weighted by atomic mass is 9.95. The van der Waals surface area contributed by atoms with Crippen molar-refractivity contribution >= 4 is 18.2 Å². The highest BCUT2D eigenvalue weighted by Crippen LogP contribution is 2.20. The summed E-state index contributed by atoms with van der Waals surface area (Å²) in [6.45, 7) is 12.3. The minimum Gasteiger partial charge on any atom is -0.465 e. The summed E-state index contributed by atoms with van der Waals surface area (Å²) < 4.78 is 11.1. The summed E-state index contributed by atoms with van der Waals surface area (Å²) in [6, 6.07) is 0. The van der Waals surface area contributed by atoms with Gasteiger partial charge in [-0.25, -0.2) is 0 Å². The van der Waals surface area contributed by atoms with Crippen LogP contribution in [0, 0.1) is 5.92 Å². The van der Waals surface area contributed by atoms with Gasteiger partial charge in [0, 0.05) is 65.1 Å². The largest absolute Gasteiger partial charge is 0.465 e. The lowest BCUT2D eigenvalue weighted by molar-refractivity contribution is -0.145. The van der Waals surface area contributed by atoms with Crippen LogP contribution in [0.4, 0.5) is 0 Å². The normalized spacial score (nSPS) is 14.6. The van der Waals surface area contributed by atoms with E-state index in [1.54, 1.807) is 0 Å². The van der Waals surface area contributed by atoms with Gasteiger partial charge < -0.3 is 24.5 Å². The summed E-state index contributed by atoms with van der Waals surface area (Å²) in [5.41, 5.74) is 0. The van der Waals surface area contributed by atoms with Gasteiger partial charge in [0.15, 0.2) is 0 Å². The molecule has 1 atom stereocenters. The summed E-state index contributed by atoms with van der Waals surface area (Å²) in [6.07, 6.45) is 20.1. The van der Waals surface area contributed by atoms with Crippen LogP contribution in [0.15, 0.2) is 0 Å². The fourth-order valence-corrected chi connectivity index (χ4v) is 5.49. The first-order valence-electron chi connectivity index (χ1n) is 17.5. The molecule has 42 heavy (non-hydrogen) atoms. The second-order valence-electron chi connectivity index (χ2n) is 12.1. The zero-order chi connectivity index (χ0) is 30.5. The van der Waals surface area contributed by atoms with E-state index in [2.05, 4.69) is 29.0 Å². The van der Waals surface area contributed by atoms with Gasteiger partial charge in [-0.05, 0) is 31.6 Å².